The average molecular weight is 209 g/mol. The largest absolute Gasteiger partial charge is 0.464 e. The van der Waals surface area contributed by atoms with Crippen LogP contribution in [-0.4, -0.2) is 28.6 Å². The lowest BCUT2D eigenvalue weighted by Gasteiger charge is -2.12. The number of nitrogens with one attached hydrogen (secondary N) is 1. The standard InChI is InChI=1S/C10H15N3O2/c1-4-15-9(14)8(3)13-10-11-6-5-7(2)12-10/h5-6,8H,4H2,1-3H3,(H,11,12,13). The lowest BCUT2D eigenvalue weighted by atomic mass is 10.3. The van der Waals surface area contributed by atoms with Crippen molar-refractivity contribution in [1.82, 2.24) is 9.97 Å². The van der Waals surface area contributed by atoms with Crippen LogP contribution in [0.4, 0.5) is 5.95 Å². The zero-order chi connectivity index (χ0) is 11.3. The van der Waals surface area contributed by atoms with E-state index < -0.39 is 6.04 Å². The maximum absolute atomic E-state index is 11.3. The second-order valence-electron chi connectivity index (χ2n) is 3.14. The number of carbonyl (C=O) groups is 1. The summed E-state index contributed by atoms with van der Waals surface area (Å²) in [6, 6.07) is 1.35. The number of aryl methyl sites for hydroxylation is 1. The molecule has 0 aliphatic heterocycles. The number of anilines is 1. The zero-order valence-electron chi connectivity index (χ0n) is 9.15. The Balaban J connectivity index is 2.58. The molecule has 1 rings (SSSR count). The van der Waals surface area contributed by atoms with E-state index in [1.165, 1.54) is 0 Å². The van der Waals surface area contributed by atoms with Crippen molar-refractivity contribution in [2.75, 3.05) is 11.9 Å². The van der Waals surface area contributed by atoms with Gasteiger partial charge >= 0.3 is 5.97 Å². The molecule has 82 valence electrons. The first-order valence-corrected chi connectivity index (χ1v) is 4.86. The lowest BCUT2D eigenvalue weighted by molar-refractivity contribution is -0.143. The third-order valence-electron chi connectivity index (χ3n) is 1.78. The number of carbonyl (C=O) groups excluding carboxylic acids is 1. The molecule has 0 saturated carbocycles. The molecule has 5 heteroatoms. The van der Waals surface area contributed by atoms with E-state index in [-0.39, 0.29) is 5.97 Å². The monoisotopic (exact) mass is 209 g/mol. The van der Waals surface area contributed by atoms with Crippen molar-refractivity contribution in [2.45, 2.75) is 26.8 Å². The maximum atomic E-state index is 11.3. The predicted molar refractivity (Wildman–Crippen MR) is 56.5 cm³/mol. The Morgan fingerprint density at radius 1 is 1.67 bits per heavy atom. The molecular formula is C10H15N3O2. The first-order chi connectivity index (χ1) is 7.13. The van der Waals surface area contributed by atoms with Crippen molar-refractivity contribution in [3.8, 4) is 0 Å². The van der Waals surface area contributed by atoms with Crippen LogP contribution < -0.4 is 5.32 Å². The van der Waals surface area contributed by atoms with Gasteiger partial charge in [0.15, 0.2) is 0 Å². The van der Waals surface area contributed by atoms with Gasteiger partial charge in [0.25, 0.3) is 0 Å². The molecule has 0 fully saturated rings. The van der Waals surface area contributed by atoms with Gasteiger partial charge in [-0.15, -0.1) is 0 Å². The van der Waals surface area contributed by atoms with E-state index >= 15 is 0 Å². The van der Waals surface area contributed by atoms with Gasteiger partial charge in [-0.05, 0) is 26.8 Å². The van der Waals surface area contributed by atoms with Crippen molar-refractivity contribution >= 4 is 11.9 Å². The fourth-order valence-electron chi connectivity index (χ4n) is 1.04. The SMILES string of the molecule is CCOC(=O)C(C)Nc1nccc(C)n1. The summed E-state index contributed by atoms with van der Waals surface area (Å²) in [5, 5.41) is 2.87. The minimum absolute atomic E-state index is 0.303. The smallest absolute Gasteiger partial charge is 0.328 e. The molecule has 0 aliphatic carbocycles. The minimum Gasteiger partial charge on any atom is -0.464 e. The van der Waals surface area contributed by atoms with Crippen molar-refractivity contribution in [3.63, 3.8) is 0 Å². The van der Waals surface area contributed by atoms with Crippen LogP contribution >= 0.6 is 0 Å². The molecule has 0 bridgehead atoms. The summed E-state index contributed by atoms with van der Waals surface area (Å²) in [5.74, 6) is 0.137. The zero-order valence-corrected chi connectivity index (χ0v) is 9.15. The Morgan fingerprint density at radius 3 is 3.00 bits per heavy atom. The normalized spacial score (nSPS) is 11.9. The van der Waals surface area contributed by atoms with Crippen LogP contribution in [-0.2, 0) is 9.53 Å². The van der Waals surface area contributed by atoms with Crippen LogP contribution in [0.15, 0.2) is 12.3 Å². The molecule has 0 saturated heterocycles. The summed E-state index contributed by atoms with van der Waals surface area (Å²) in [6.45, 7) is 5.72. The Kier molecular flexibility index (Phi) is 4.03. The number of nitrogens with zero attached hydrogens (tertiary/aromatic N) is 2. The number of hydrogen-bond donors (Lipinski definition) is 1. The maximum Gasteiger partial charge on any atom is 0.328 e. The average Bonchev–Trinajstić information content (AvgIpc) is 2.18. The van der Waals surface area contributed by atoms with Gasteiger partial charge in [0.05, 0.1) is 6.61 Å². The molecule has 0 aliphatic rings. The summed E-state index contributed by atoms with van der Waals surface area (Å²) in [4.78, 5) is 19.4. The molecule has 5 nitrogen and oxygen atoms in total. The van der Waals surface area contributed by atoms with Crippen molar-refractivity contribution in [1.29, 1.82) is 0 Å². The third-order valence-corrected chi connectivity index (χ3v) is 1.78. The van der Waals surface area contributed by atoms with E-state index in [0.717, 1.165) is 5.69 Å². The molecule has 0 aromatic carbocycles. The van der Waals surface area contributed by atoms with Crippen LogP contribution in [0.2, 0.25) is 0 Å². The molecule has 1 aromatic heterocycles. The fraction of sp³-hybridized carbons (Fsp3) is 0.500. The number of ether oxygens (including phenoxy) is 1. The van der Waals surface area contributed by atoms with Gasteiger partial charge in [0, 0.05) is 11.9 Å². The van der Waals surface area contributed by atoms with Crippen LogP contribution in [0.5, 0.6) is 0 Å². The highest BCUT2D eigenvalue weighted by atomic mass is 16.5. The minimum atomic E-state index is -0.438. The van der Waals surface area contributed by atoms with E-state index in [2.05, 4.69) is 15.3 Å². The van der Waals surface area contributed by atoms with E-state index in [0.29, 0.717) is 12.6 Å². The summed E-state index contributed by atoms with van der Waals surface area (Å²) in [7, 11) is 0. The summed E-state index contributed by atoms with van der Waals surface area (Å²) < 4.78 is 4.85. The predicted octanol–water partition coefficient (Wildman–Crippen LogP) is 1.15. The summed E-state index contributed by atoms with van der Waals surface area (Å²) in [6.07, 6.45) is 1.64. The van der Waals surface area contributed by atoms with Crippen LogP contribution in [0, 0.1) is 6.92 Å². The molecular weight excluding hydrogens is 194 g/mol. The molecule has 15 heavy (non-hydrogen) atoms. The highest BCUT2D eigenvalue weighted by molar-refractivity contribution is 5.78. The van der Waals surface area contributed by atoms with Crippen molar-refractivity contribution in [2.24, 2.45) is 0 Å². The van der Waals surface area contributed by atoms with Gasteiger partial charge in [0.2, 0.25) is 5.95 Å². The van der Waals surface area contributed by atoms with Gasteiger partial charge in [-0.25, -0.2) is 14.8 Å². The molecule has 0 spiro atoms. The summed E-state index contributed by atoms with van der Waals surface area (Å²) >= 11 is 0. The Morgan fingerprint density at radius 2 is 2.40 bits per heavy atom. The van der Waals surface area contributed by atoms with Gasteiger partial charge in [-0.1, -0.05) is 0 Å². The Bertz CT molecular complexity index is 341. The van der Waals surface area contributed by atoms with Crippen LogP contribution in [0.1, 0.15) is 19.5 Å². The van der Waals surface area contributed by atoms with E-state index in [1.54, 1.807) is 26.1 Å². The highest BCUT2D eigenvalue weighted by Gasteiger charge is 2.14. The molecule has 1 atom stereocenters. The fourth-order valence-corrected chi connectivity index (χ4v) is 1.04. The van der Waals surface area contributed by atoms with Crippen LogP contribution in [0.25, 0.3) is 0 Å². The number of esters is 1. The molecule has 1 unspecified atom stereocenters. The first kappa shape index (κ1) is 11.4. The third kappa shape index (κ3) is 3.53. The number of rotatable bonds is 4. The number of aromatic nitrogens is 2. The Hall–Kier alpha value is -1.65. The first-order valence-electron chi connectivity index (χ1n) is 4.86. The van der Waals surface area contributed by atoms with Gasteiger partial charge in [-0.3, -0.25) is 0 Å². The number of hydrogen-bond acceptors (Lipinski definition) is 5. The molecule has 0 radical (unpaired) electrons. The summed E-state index contributed by atoms with van der Waals surface area (Å²) in [5.41, 5.74) is 0.851. The van der Waals surface area contributed by atoms with E-state index in [4.69, 9.17) is 4.74 Å². The molecule has 1 aromatic rings. The molecule has 0 amide bonds. The van der Waals surface area contributed by atoms with Gasteiger partial charge in [-0.2, -0.15) is 0 Å². The Labute approximate surface area is 88.9 Å². The molecule has 1 heterocycles. The quantitative estimate of drug-likeness (QED) is 0.753. The van der Waals surface area contributed by atoms with Gasteiger partial charge in [0.1, 0.15) is 6.04 Å². The van der Waals surface area contributed by atoms with Crippen molar-refractivity contribution in [3.05, 3.63) is 18.0 Å². The van der Waals surface area contributed by atoms with Crippen molar-refractivity contribution < 1.29 is 9.53 Å². The van der Waals surface area contributed by atoms with Gasteiger partial charge < -0.3 is 10.1 Å². The van der Waals surface area contributed by atoms with E-state index in [9.17, 15) is 4.79 Å². The highest BCUT2D eigenvalue weighted by Crippen LogP contribution is 2.02. The van der Waals surface area contributed by atoms with E-state index in [1.807, 2.05) is 6.92 Å². The molecule has 1 N–H and O–H groups in total. The topological polar surface area (TPSA) is 64.1 Å². The lowest BCUT2D eigenvalue weighted by Crippen LogP contribution is -2.29. The second kappa shape index (κ2) is 5.29. The second-order valence-corrected chi connectivity index (χ2v) is 3.14. The van der Waals surface area contributed by atoms with Crippen LogP contribution in [0.3, 0.4) is 0 Å².